The number of hydrogen-bond donors (Lipinski definition) is 0. The topological polar surface area (TPSA) is 44.1 Å². The normalized spacial score (nSPS) is 12.4. The molecule has 2 aromatic heterocycles. The number of thiazole rings is 1. The van der Waals surface area contributed by atoms with Crippen LogP contribution in [0.2, 0.25) is 0 Å². The van der Waals surface area contributed by atoms with Crippen molar-refractivity contribution < 1.29 is 18.3 Å². The maximum atomic E-state index is 13.6. The van der Waals surface area contributed by atoms with Gasteiger partial charge in [0.1, 0.15) is 23.1 Å². The van der Waals surface area contributed by atoms with Crippen molar-refractivity contribution in [3.05, 3.63) is 70.9 Å². The zero-order chi connectivity index (χ0) is 25.8. The van der Waals surface area contributed by atoms with Crippen LogP contribution in [0.25, 0.3) is 21.5 Å². The minimum Gasteiger partial charge on any atom is -0.485 e. The second-order valence-electron chi connectivity index (χ2n) is 8.50. The zero-order valence-corrected chi connectivity index (χ0v) is 21.8. The molecule has 4 aromatic rings. The number of ether oxygens (including phenoxy) is 1. The lowest BCUT2D eigenvalue weighted by Gasteiger charge is -2.16. The van der Waals surface area contributed by atoms with Crippen molar-refractivity contribution in [1.29, 1.82) is 0 Å². The number of hydrogen-bond acceptors (Lipinski definition) is 4. The summed E-state index contributed by atoms with van der Waals surface area (Å²) in [5.41, 5.74) is 2.73. The molecule has 1 atom stereocenters. The van der Waals surface area contributed by atoms with Gasteiger partial charge in [-0.2, -0.15) is 0 Å². The number of fused-ring (bicyclic) bond motifs is 1. The third kappa shape index (κ3) is 5.96. The van der Waals surface area contributed by atoms with Crippen LogP contribution in [0.15, 0.2) is 54.7 Å². The minimum absolute atomic E-state index is 0.0128. The van der Waals surface area contributed by atoms with Crippen LogP contribution < -0.4 is 4.74 Å². The Morgan fingerprint density at radius 2 is 1.77 bits per heavy atom. The smallest absolute Gasteiger partial charge is 0.270 e. The van der Waals surface area contributed by atoms with Crippen LogP contribution in [0, 0.1) is 0 Å². The van der Waals surface area contributed by atoms with Crippen molar-refractivity contribution in [2.24, 2.45) is 0 Å². The van der Waals surface area contributed by atoms with Gasteiger partial charge in [0.05, 0.1) is 17.1 Å². The van der Waals surface area contributed by atoms with E-state index in [2.05, 4.69) is 13.8 Å². The number of nitrogens with zero attached hydrogens (tertiary/aromatic N) is 2. The Morgan fingerprint density at radius 1 is 1.09 bits per heavy atom. The van der Waals surface area contributed by atoms with E-state index < -0.39 is 5.92 Å². The fourth-order valence-electron chi connectivity index (χ4n) is 3.83. The van der Waals surface area contributed by atoms with Crippen molar-refractivity contribution in [2.75, 3.05) is 0 Å². The van der Waals surface area contributed by atoms with Crippen LogP contribution in [-0.4, -0.2) is 15.8 Å². The number of aldehydes is 1. The van der Waals surface area contributed by atoms with Gasteiger partial charge < -0.3 is 14.1 Å². The fourth-order valence-corrected chi connectivity index (χ4v) is 5.03. The summed E-state index contributed by atoms with van der Waals surface area (Å²) in [5.74, 6) is -1.94. The Morgan fingerprint density at radius 3 is 2.37 bits per heavy atom. The SMILES string of the molecule is CC.CC(C)c1nc(-c2ccc(C(C)(F)F)cc2)sc1C(C)Oc1ccc2c(ccn2CC=O)c1. The van der Waals surface area contributed by atoms with E-state index in [9.17, 15) is 13.6 Å². The van der Waals surface area contributed by atoms with Crippen LogP contribution in [0.3, 0.4) is 0 Å². The van der Waals surface area contributed by atoms with E-state index in [1.165, 1.54) is 23.5 Å². The van der Waals surface area contributed by atoms with Crippen LogP contribution >= 0.6 is 11.3 Å². The highest BCUT2D eigenvalue weighted by Gasteiger charge is 2.25. The lowest BCUT2D eigenvalue weighted by Crippen LogP contribution is -2.06. The molecule has 0 N–H and O–H groups in total. The predicted molar refractivity (Wildman–Crippen MR) is 140 cm³/mol. The molecule has 0 fully saturated rings. The van der Waals surface area contributed by atoms with Crippen molar-refractivity contribution >= 4 is 28.5 Å². The third-order valence-corrected chi connectivity index (χ3v) is 6.84. The third-order valence-electron chi connectivity index (χ3n) is 5.56. The molecule has 0 aliphatic rings. The zero-order valence-electron chi connectivity index (χ0n) is 21.0. The van der Waals surface area contributed by atoms with Gasteiger partial charge in [-0.05, 0) is 37.1 Å². The van der Waals surface area contributed by atoms with Gasteiger partial charge in [0, 0.05) is 35.2 Å². The second-order valence-corrected chi connectivity index (χ2v) is 9.54. The van der Waals surface area contributed by atoms with E-state index >= 15 is 0 Å². The van der Waals surface area contributed by atoms with Gasteiger partial charge in [-0.15, -0.1) is 11.3 Å². The lowest BCUT2D eigenvalue weighted by molar-refractivity contribution is -0.108. The maximum absolute atomic E-state index is 13.6. The molecule has 0 amide bonds. The van der Waals surface area contributed by atoms with E-state index in [1.54, 1.807) is 12.1 Å². The monoisotopic (exact) mass is 498 g/mol. The highest BCUT2D eigenvalue weighted by atomic mass is 32.1. The van der Waals surface area contributed by atoms with Gasteiger partial charge in [-0.1, -0.05) is 52.0 Å². The van der Waals surface area contributed by atoms with Crippen LogP contribution in [0.4, 0.5) is 8.78 Å². The first-order chi connectivity index (χ1) is 16.7. The van der Waals surface area contributed by atoms with E-state index in [0.717, 1.165) is 51.0 Å². The standard InChI is InChI=1S/C26H26F2N2O2S.C2H6/c1-16(2)23-24(33-25(29-23)18-5-7-20(8-6-18)26(4,27)28)17(3)32-21-9-10-22-19(15-21)11-12-30(22)13-14-31;1-2/h5-12,14-17H,13H2,1-4H3;1-2H3. The van der Waals surface area contributed by atoms with Crippen molar-refractivity contribution in [3.8, 4) is 16.3 Å². The van der Waals surface area contributed by atoms with Crippen molar-refractivity contribution in [2.45, 2.75) is 66.0 Å². The molecular weight excluding hydrogens is 466 g/mol. The summed E-state index contributed by atoms with van der Waals surface area (Å²) < 4.78 is 35.3. The Bertz CT molecular complexity index is 1270. The summed E-state index contributed by atoms with van der Waals surface area (Å²) in [4.78, 5) is 16.7. The van der Waals surface area contributed by atoms with E-state index in [-0.39, 0.29) is 17.6 Å². The first kappa shape index (κ1) is 26.5. The van der Waals surface area contributed by atoms with Crippen molar-refractivity contribution in [3.63, 3.8) is 0 Å². The van der Waals surface area contributed by atoms with Gasteiger partial charge >= 0.3 is 0 Å². The number of alkyl halides is 2. The Hall–Kier alpha value is -3.06. The minimum atomic E-state index is -2.87. The van der Waals surface area contributed by atoms with Crippen molar-refractivity contribution in [1.82, 2.24) is 9.55 Å². The molecular formula is C28H32F2N2O2S. The van der Waals surface area contributed by atoms with Crippen LogP contribution in [-0.2, 0) is 17.3 Å². The fraction of sp³-hybridized carbons (Fsp3) is 0.357. The highest BCUT2D eigenvalue weighted by molar-refractivity contribution is 7.15. The molecule has 0 aliphatic carbocycles. The first-order valence-electron chi connectivity index (χ1n) is 11.9. The number of carbonyl (C=O) groups excluding carboxylic acids is 1. The van der Waals surface area contributed by atoms with Gasteiger partial charge in [0.2, 0.25) is 0 Å². The number of carbonyl (C=O) groups is 1. The molecule has 0 saturated carbocycles. The Balaban J connectivity index is 0.00000167. The van der Waals surface area contributed by atoms with Gasteiger partial charge in [-0.3, -0.25) is 0 Å². The molecule has 0 spiro atoms. The highest BCUT2D eigenvalue weighted by Crippen LogP contribution is 2.38. The maximum Gasteiger partial charge on any atom is 0.270 e. The quantitative estimate of drug-likeness (QED) is 0.229. The average Bonchev–Trinajstić information content (AvgIpc) is 3.45. The van der Waals surface area contributed by atoms with Crippen LogP contribution in [0.5, 0.6) is 5.75 Å². The summed E-state index contributed by atoms with van der Waals surface area (Å²) >= 11 is 1.53. The van der Waals surface area contributed by atoms with Crippen LogP contribution in [0.1, 0.15) is 69.7 Å². The predicted octanol–water partition coefficient (Wildman–Crippen LogP) is 8.37. The summed E-state index contributed by atoms with van der Waals surface area (Å²) in [6, 6.07) is 14.1. The molecule has 186 valence electrons. The number of halogens is 2. The summed E-state index contributed by atoms with van der Waals surface area (Å²) in [7, 11) is 0. The summed E-state index contributed by atoms with van der Waals surface area (Å²) in [5, 5.41) is 1.79. The molecule has 2 aromatic carbocycles. The van der Waals surface area contributed by atoms with E-state index in [0.29, 0.717) is 6.54 Å². The summed E-state index contributed by atoms with van der Waals surface area (Å²) in [6.07, 6.45) is 2.53. The molecule has 4 rings (SSSR count). The molecule has 2 heterocycles. The largest absolute Gasteiger partial charge is 0.485 e. The van der Waals surface area contributed by atoms with E-state index in [4.69, 9.17) is 9.72 Å². The van der Waals surface area contributed by atoms with Gasteiger partial charge in [-0.25, -0.2) is 13.8 Å². The Labute approximate surface area is 209 Å². The molecule has 4 nitrogen and oxygen atoms in total. The molecule has 0 saturated heterocycles. The average molecular weight is 499 g/mol. The molecule has 1 unspecified atom stereocenters. The molecule has 7 heteroatoms. The van der Waals surface area contributed by atoms with E-state index in [1.807, 2.05) is 55.8 Å². The van der Waals surface area contributed by atoms with Gasteiger partial charge in [0.15, 0.2) is 0 Å². The lowest BCUT2D eigenvalue weighted by atomic mass is 10.1. The first-order valence-corrected chi connectivity index (χ1v) is 12.7. The molecule has 0 bridgehead atoms. The summed E-state index contributed by atoms with van der Waals surface area (Å²) in [6.45, 7) is 11.4. The molecule has 0 aliphatic heterocycles. The number of aromatic nitrogens is 2. The number of rotatable bonds is 8. The molecule has 35 heavy (non-hydrogen) atoms. The second kappa shape index (κ2) is 11.1. The Kier molecular flexibility index (Phi) is 8.43. The number of benzene rings is 2. The molecule has 0 radical (unpaired) electrons. The van der Waals surface area contributed by atoms with Gasteiger partial charge in [0.25, 0.3) is 5.92 Å².